The quantitative estimate of drug-likeness (QED) is 0.712. The zero-order valence-electron chi connectivity index (χ0n) is 13.9. The smallest absolute Gasteiger partial charge is 0.262 e. The molecule has 1 N–H and O–H groups in total. The van der Waals surface area contributed by atoms with Crippen LogP contribution in [0.3, 0.4) is 0 Å². The maximum Gasteiger partial charge on any atom is 0.262 e. The first-order valence-corrected chi connectivity index (χ1v) is 9.11. The SMILES string of the molecule is O=C(COc1ccc2nc3n(c(=O)c2c1)CCC3)Nc1ccc(Br)cc1. The lowest BCUT2D eigenvalue weighted by Gasteiger charge is -2.09. The molecule has 2 aromatic carbocycles. The van der Waals surface area contributed by atoms with Crippen molar-refractivity contribution in [2.75, 3.05) is 11.9 Å². The van der Waals surface area contributed by atoms with Crippen molar-refractivity contribution < 1.29 is 9.53 Å². The number of benzene rings is 2. The number of anilines is 1. The van der Waals surface area contributed by atoms with Gasteiger partial charge < -0.3 is 10.1 Å². The van der Waals surface area contributed by atoms with Crippen molar-refractivity contribution in [3.8, 4) is 5.75 Å². The third-order valence-corrected chi connectivity index (χ3v) is 4.81. The fourth-order valence-electron chi connectivity index (χ4n) is 3.03. The molecule has 2 heterocycles. The van der Waals surface area contributed by atoms with E-state index in [9.17, 15) is 9.59 Å². The number of hydrogen-bond donors (Lipinski definition) is 1. The Bertz CT molecular complexity index is 1040. The summed E-state index contributed by atoms with van der Waals surface area (Å²) in [5, 5.41) is 3.27. The monoisotopic (exact) mass is 413 g/mol. The van der Waals surface area contributed by atoms with Gasteiger partial charge in [-0.3, -0.25) is 14.2 Å². The van der Waals surface area contributed by atoms with E-state index in [1.54, 1.807) is 34.9 Å². The average Bonchev–Trinajstić information content (AvgIpc) is 3.11. The van der Waals surface area contributed by atoms with E-state index in [1.807, 2.05) is 12.1 Å². The summed E-state index contributed by atoms with van der Waals surface area (Å²) < 4.78 is 8.20. The zero-order valence-corrected chi connectivity index (χ0v) is 15.5. The van der Waals surface area contributed by atoms with Gasteiger partial charge in [0.1, 0.15) is 11.6 Å². The molecule has 0 atom stereocenters. The highest BCUT2D eigenvalue weighted by Crippen LogP contribution is 2.20. The van der Waals surface area contributed by atoms with Crippen molar-refractivity contribution in [3.63, 3.8) is 0 Å². The van der Waals surface area contributed by atoms with Crippen LogP contribution >= 0.6 is 15.9 Å². The number of carbonyl (C=O) groups excluding carboxylic acids is 1. The standard InChI is InChI=1S/C19H16BrN3O3/c20-12-3-5-13(6-4-12)21-18(24)11-26-14-7-8-16-15(10-14)19(25)23-9-1-2-17(23)22-16/h3-8,10H,1-2,9,11H2,(H,21,24). The fraction of sp³-hybridized carbons (Fsp3) is 0.211. The molecule has 1 amide bonds. The van der Waals surface area contributed by atoms with Gasteiger partial charge in [-0.1, -0.05) is 15.9 Å². The van der Waals surface area contributed by atoms with Gasteiger partial charge in [0, 0.05) is 23.1 Å². The molecule has 0 bridgehead atoms. The van der Waals surface area contributed by atoms with Crippen LogP contribution in [0.25, 0.3) is 10.9 Å². The molecule has 132 valence electrons. The van der Waals surface area contributed by atoms with E-state index in [0.717, 1.165) is 23.1 Å². The first kappa shape index (κ1) is 16.8. The van der Waals surface area contributed by atoms with Crippen LogP contribution in [0.2, 0.25) is 0 Å². The van der Waals surface area contributed by atoms with Crippen LogP contribution < -0.4 is 15.6 Å². The second kappa shape index (κ2) is 6.92. The highest BCUT2D eigenvalue weighted by Gasteiger charge is 2.16. The number of amides is 1. The first-order valence-electron chi connectivity index (χ1n) is 8.32. The van der Waals surface area contributed by atoms with E-state index in [-0.39, 0.29) is 18.1 Å². The third kappa shape index (κ3) is 3.35. The number of aryl methyl sites for hydroxylation is 1. The van der Waals surface area contributed by atoms with E-state index >= 15 is 0 Å². The summed E-state index contributed by atoms with van der Waals surface area (Å²) in [6, 6.07) is 12.4. The number of carbonyl (C=O) groups is 1. The number of nitrogens with one attached hydrogen (secondary N) is 1. The minimum absolute atomic E-state index is 0.0488. The molecule has 6 nitrogen and oxygen atoms in total. The molecule has 26 heavy (non-hydrogen) atoms. The highest BCUT2D eigenvalue weighted by atomic mass is 79.9. The van der Waals surface area contributed by atoms with Gasteiger partial charge in [-0.25, -0.2) is 4.98 Å². The van der Waals surface area contributed by atoms with Crippen molar-refractivity contribution in [3.05, 3.63) is 63.1 Å². The summed E-state index contributed by atoms with van der Waals surface area (Å²) in [4.78, 5) is 29.1. The van der Waals surface area contributed by atoms with Crippen LogP contribution in [0, 0.1) is 0 Å². The van der Waals surface area contributed by atoms with Crippen LogP contribution in [0.5, 0.6) is 5.75 Å². The van der Waals surface area contributed by atoms with Gasteiger partial charge in [-0.15, -0.1) is 0 Å². The summed E-state index contributed by atoms with van der Waals surface area (Å²) in [6.07, 6.45) is 1.78. The topological polar surface area (TPSA) is 73.2 Å². The second-order valence-electron chi connectivity index (χ2n) is 6.11. The molecule has 0 fully saturated rings. The predicted molar refractivity (Wildman–Crippen MR) is 103 cm³/mol. The molecule has 1 aromatic heterocycles. The molecule has 0 saturated heterocycles. The second-order valence-corrected chi connectivity index (χ2v) is 7.03. The van der Waals surface area contributed by atoms with Crippen molar-refractivity contribution in [2.45, 2.75) is 19.4 Å². The Balaban J connectivity index is 1.48. The molecule has 1 aliphatic heterocycles. The predicted octanol–water partition coefficient (Wildman–Crippen LogP) is 3.12. The van der Waals surface area contributed by atoms with Crippen molar-refractivity contribution >= 4 is 38.4 Å². The maximum atomic E-state index is 12.6. The Kier molecular flexibility index (Phi) is 4.46. The van der Waals surface area contributed by atoms with Gasteiger partial charge in [-0.05, 0) is 48.9 Å². The molecular formula is C19H16BrN3O3. The number of fused-ring (bicyclic) bond motifs is 2. The maximum absolute atomic E-state index is 12.6. The summed E-state index contributed by atoms with van der Waals surface area (Å²) in [6.45, 7) is 0.569. The van der Waals surface area contributed by atoms with Crippen LogP contribution in [-0.4, -0.2) is 22.1 Å². The molecule has 0 spiro atoms. The Morgan fingerprint density at radius 3 is 2.85 bits per heavy atom. The van der Waals surface area contributed by atoms with Gasteiger partial charge in [0.05, 0.1) is 10.9 Å². The summed E-state index contributed by atoms with van der Waals surface area (Å²) >= 11 is 3.35. The van der Waals surface area contributed by atoms with Crippen LogP contribution in [-0.2, 0) is 17.8 Å². The lowest BCUT2D eigenvalue weighted by Crippen LogP contribution is -2.21. The van der Waals surface area contributed by atoms with Gasteiger partial charge in [-0.2, -0.15) is 0 Å². The number of rotatable bonds is 4. The van der Waals surface area contributed by atoms with Crippen molar-refractivity contribution in [1.29, 1.82) is 0 Å². The van der Waals surface area contributed by atoms with E-state index < -0.39 is 0 Å². The molecule has 1 aliphatic rings. The van der Waals surface area contributed by atoms with E-state index in [2.05, 4.69) is 26.2 Å². The minimum atomic E-state index is -0.267. The average molecular weight is 414 g/mol. The number of aromatic nitrogens is 2. The number of nitrogens with zero attached hydrogens (tertiary/aromatic N) is 2. The molecule has 0 unspecified atom stereocenters. The van der Waals surface area contributed by atoms with Gasteiger partial charge in [0.15, 0.2) is 6.61 Å². The largest absolute Gasteiger partial charge is 0.484 e. The molecule has 0 radical (unpaired) electrons. The number of halogens is 1. The van der Waals surface area contributed by atoms with E-state index in [4.69, 9.17) is 4.74 Å². The van der Waals surface area contributed by atoms with E-state index in [1.165, 1.54) is 0 Å². The lowest BCUT2D eigenvalue weighted by atomic mass is 10.2. The van der Waals surface area contributed by atoms with Crippen molar-refractivity contribution in [1.82, 2.24) is 9.55 Å². The van der Waals surface area contributed by atoms with Gasteiger partial charge in [0.2, 0.25) is 0 Å². The highest BCUT2D eigenvalue weighted by molar-refractivity contribution is 9.10. The van der Waals surface area contributed by atoms with Crippen LogP contribution in [0.4, 0.5) is 5.69 Å². The Hall–Kier alpha value is -2.67. The molecule has 4 rings (SSSR count). The minimum Gasteiger partial charge on any atom is -0.484 e. The van der Waals surface area contributed by atoms with Crippen molar-refractivity contribution in [2.24, 2.45) is 0 Å². The zero-order chi connectivity index (χ0) is 18.1. The fourth-order valence-corrected chi connectivity index (χ4v) is 3.30. The van der Waals surface area contributed by atoms with Crippen LogP contribution in [0.1, 0.15) is 12.2 Å². The van der Waals surface area contributed by atoms with Gasteiger partial charge >= 0.3 is 0 Å². The number of ether oxygens (including phenoxy) is 1. The Morgan fingerprint density at radius 1 is 1.23 bits per heavy atom. The summed E-state index contributed by atoms with van der Waals surface area (Å²) in [7, 11) is 0. The summed E-state index contributed by atoms with van der Waals surface area (Å²) in [5.74, 6) is 1.04. The molecular weight excluding hydrogens is 398 g/mol. The Morgan fingerprint density at radius 2 is 2.04 bits per heavy atom. The number of hydrogen-bond acceptors (Lipinski definition) is 4. The lowest BCUT2D eigenvalue weighted by molar-refractivity contribution is -0.118. The Labute approximate surface area is 157 Å². The molecule has 0 saturated carbocycles. The van der Waals surface area contributed by atoms with Gasteiger partial charge in [0.25, 0.3) is 11.5 Å². The molecule has 7 heteroatoms. The summed E-state index contributed by atoms with van der Waals surface area (Å²) in [5.41, 5.74) is 1.31. The molecule has 0 aliphatic carbocycles. The first-order chi connectivity index (χ1) is 12.6. The van der Waals surface area contributed by atoms with Crippen LogP contribution in [0.15, 0.2) is 51.7 Å². The molecule has 3 aromatic rings. The van der Waals surface area contributed by atoms with E-state index in [0.29, 0.717) is 28.9 Å². The third-order valence-electron chi connectivity index (χ3n) is 4.28. The normalized spacial score (nSPS) is 12.8.